The largest absolute Gasteiger partial charge is 0.416 e. The van der Waals surface area contributed by atoms with E-state index in [-0.39, 0.29) is 12.3 Å². The molecule has 0 atom stereocenters. The van der Waals surface area contributed by atoms with Gasteiger partial charge >= 0.3 is 6.18 Å². The number of nitrogens with one attached hydrogen (secondary N) is 1. The van der Waals surface area contributed by atoms with E-state index in [0.29, 0.717) is 11.5 Å². The van der Waals surface area contributed by atoms with Crippen LogP contribution in [0.2, 0.25) is 0 Å². The number of carbonyl (C=O) groups is 1. The van der Waals surface area contributed by atoms with Gasteiger partial charge in [-0.3, -0.25) is 4.79 Å². The Bertz CT molecular complexity index is 491. The molecule has 0 radical (unpaired) electrons. The highest BCUT2D eigenvalue weighted by Crippen LogP contribution is 2.29. The number of likely N-dealkylation sites (tertiary alicyclic amines) is 1. The van der Waals surface area contributed by atoms with Crippen LogP contribution in [-0.2, 0) is 17.4 Å². The van der Waals surface area contributed by atoms with Crippen molar-refractivity contribution in [2.24, 2.45) is 5.92 Å². The normalized spacial score (nSPS) is 16.8. The van der Waals surface area contributed by atoms with Gasteiger partial charge in [-0.1, -0.05) is 12.1 Å². The standard InChI is InChI=1S/C16H21F3N2O/c1-20-11-13-6-8-21(9-7-13)15(22)10-12-2-4-14(5-3-12)16(17,18)19/h2-5,13,20H,6-11H2,1H3. The zero-order valence-corrected chi connectivity index (χ0v) is 12.6. The maximum absolute atomic E-state index is 12.5. The van der Waals surface area contributed by atoms with E-state index in [1.807, 2.05) is 11.9 Å². The Morgan fingerprint density at radius 3 is 2.32 bits per heavy atom. The third kappa shape index (κ3) is 4.47. The molecule has 1 aromatic carbocycles. The molecule has 122 valence electrons. The van der Waals surface area contributed by atoms with E-state index in [2.05, 4.69) is 5.32 Å². The highest BCUT2D eigenvalue weighted by molar-refractivity contribution is 5.78. The van der Waals surface area contributed by atoms with Gasteiger partial charge in [0.1, 0.15) is 0 Å². The minimum atomic E-state index is -4.34. The van der Waals surface area contributed by atoms with Crippen LogP contribution in [0, 0.1) is 5.92 Å². The van der Waals surface area contributed by atoms with Crippen molar-refractivity contribution >= 4 is 5.91 Å². The molecule has 0 saturated carbocycles. The number of alkyl halides is 3. The Hall–Kier alpha value is -1.56. The number of amides is 1. The minimum absolute atomic E-state index is 0.0114. The third-order valence-electron chi connectivity index (χ3n) is 4.10. The first-order valence-corrected chi connectivity index (χ1v) is 7.48. The summed E-state index contributed by atoms with van der Waals surface area (Å²) in [5.74, 6) is 0.586. The van der Waals surface area contributed by atoms with Crippen molar-refractivity contribution in [1.29, 1.82) is 0 Å². The second-order valence-electron chi connectivity index (χ2n) is 5.75. The Balaban J connectivity index is 1.87. The van der Waals surface area contributed by atoms with Crippen molar-refractivity contribution in [2.45, 2.75) is 25.4 Å². The van der Waals surface area contributed by atoms with E-state index in [9.17, 15) is 18.0 Å². The van der Waals surface area contributed by atoms with Crippen molar-refractivity contribution in [3.63, 3.8) is 0 Å². The molecule has 0 aliphatic carbocycles. The summed E-state index contributed by atoms with van der Waals surface area (Å²) in [5.41, 5.74) is -0.0630. The predicted octanol–water partition coefficient (Wildman–Crippen LogP) is 2.71. The number of rotatable bonds is 4. The number of benzene rings is 1. The van der Waals surface area contributed by atoms with E-state index in [1.54, 1.807) is 0 Å². The lowest BCUT2D eigenvalue weighted by Crippen LogP contribution is -2.41. The maximum Gasteiger partial charge on any atom is 0.416 e. The second kappa shape index (κ2) is 7.13. The molecule has 1 saturated heterocycles. The van der Waals surface area contributed by atoms with Gasteiger partial charge in [0.25, 0.3) is 0 Å². The minimum Gasteiger partial charge on any atom is -0.342 e. The highest BCUT2D eigenvalue weighted by Gasteiger charge is 2.30. The van der Waals surface area contributed by atoms with Gasteiger partial charge in [0.05, 0.1) is 12.0 Å². The monoisotopic (exact) mass is 314 g/mol. The fourth-order valence-electron chi connectivity index (χ4n) is 2.77. The zero-order chi connectivity index (χ0) is 16.2. The Labute approximate surface area is 128 Å². The van der Waals surface area contributed by atoms with Gasteiger partial charge in [0.2, 0.25) is 5.91 Å². The molecule has 1 aromatic rings. The molecule has 1 heterocycles. The van der Waals surface area contributed by atoms with Crippen molar-refractivity contribution in [2.75, 3.05) is 26.7 Å². The summed E-state index contributed by atoms with van der Waals surface area (Å²) in [6, 6.07) is 4.83. The summed E-state index contributed by atoms with van der Waals surface area (Å²) >= 11 is 0. The number of halogens is 3. The molecular formula is C16H21F3N2O. The molecule has 0 unspecified atom stereocenters. The Kier molecular flexibility index (Phi) is 5.45. The van der Waals surface area contributed by atoms with E-state index < -0.39 is 11.7 Å². The molecule has 1 aliphatic rings. The Morgan fingerprint density at radius 1 is 1.23 bits per heavy atom. The first-order valence-electron chi connectivity index (χ1n) is 7.48. The number of nitrogens with zero attached hydrogens (tertiary/aromatic N) is 1. The van der Waals surface area contributed by atoms with E-state index in [0.717, 1.165) is 44.6 Å². The van der Waals surface area contributed by atoms with Gasteiger partial charge in [-0.25, -0.2) is 0 Å². The van der Waals surface area contributed by atoms with Gasteiger partial charge in [-0.15, -0.1) is 0 Å². The molecule has 1 N–H and O–H groups in total. The predicted molar refractivity (Wildman–Crippen MR) is 78.4 cm³/mol. The van der Waals surface area contributed by atoms with Gasteiger partial charge in [0.15, 0.2) is 0 Å². The van der Waals surface area contributed by atoms with Crippen molar-refractivity contribution in [3.8, 4) is 0 Å². The molecule has 3 nitrogen and oxygen atoms in total. The van der Waals surface area contributed by atoms with Crippen LogP contribution in [-0.4, -0.2) is 37.5 Å². The van der Waals surface area contributed by atoms with E-state index in [1.165, 1.54) is 12.1 Å². The Morgan fingerprint density at radius 2 is 1.82 bits per heavy atom. The first kappa shape index (κ1) is 16.8. The molecule has 1 amide bonds. The molecule has 1 aliphatic heterocycles. The summed E-state index contributed by atoms with van der Waals surface area (Å²) in [6.07, 6.45) is -2.23. The quantitative estimate of drug-likeness (QED) is 0.927. The lowest BCUT2D eigenvalue weighted by Gasteiger charge is -2.32. The molecule has 1 fully saturated rings. The maximum atomic E-state index is 12.5. The average Bonchev–Trinajstić information content (AvgIpc) is 2.48. The summed E-state index contributed by atoms with van der Waals surface area (Å²) in [5, 5.41) is 3.14. The SMILES string of the molecule is CNCC1CCN(C(=O)Cc2ccc(C(F)(F)F)cc2)CC1. The van der Waals surface area contributed by atoms with Crippen LogP contribution < -0.4 is 5.32 Å². The molecule has 6 heteroatoms. The number of hydrogen-bond acceptors (Lipinski definition) is 2. The summed E-state index contributed by atoms with van der Waals surface area (Å²) < 4.78 is 37.5. The van der Waals surface area contributed by atoms with E-state index >= 15 is 0 Å². The van der Waals surface area contributed by atoms with Crippen LogP contribution in [0.4, 0.5) is 13.2 Å². The van der Waals surface area contributed by atoms with Gasteiger partial charge in [0, 0.05) is 13.1 Å². The molecule has 2 rings (SSSR count). The molecule has 0 aromatic heterocycles. The molecule has 0 spiro atoms. The van der Waals surface area contributed by atoms with Crippen molar-refractivity contribution < 1.29 is 18.0 Å². The number of hydrogen-bond donors (Lipinski definition) is 1. The number of piperidine rings is 1. The number of carbonyl (C=O) groups excluding carboxylic acids is 1. The van der Waals surface area contributed by atoms with Crippen molar-refractivity contribution in [1.82, 2.24) is 10.2 Å². The van der Waals surface area contributed by atoms with Crippen LogP contribution in [0.25, 0.3) is 0 Å². The average molecular weight is 314 g/mol. The van der Waals surface area contributed by atoms with Crippen LogP contribution >= 0.6 is 0 Å². The topological polar surface area (TPSA) is 32.3 Å². The van der Waals surface area contributed by atoms with Gasteiger partial charge in [-0.2, -0.15) is 13.2 Å². The smallest absolute Gasteiger partial charge is 0.342 e. The van der Waals surface area contributed by atoms with Crippen LogP contribution in [0.3, 0.4) is 0 Å². The third-order valence-corrected chi connectivity index (χ3v) is 4.10. The summed E-state index contributed by atoms with van der Waals surface area (Å²) in [6.45, 7) is 2.42. The van der Waals surface area contributed by atoms with Crippen LogP contribution in [0.5, 0.6) is 0 Å². The van der Waals surface area contributed by atoms with Gasteiger partial charge in [-0.05, 0) is 50.0 Å². The lowest BCUT2D eigenvalue weighted by molar-refractivity contribution is -0.137. The highest BCUT2D eigenvalue weighted by atomic mass is 19.4. The van der Waals surface area contributed by atoms with Gasteiger partial charge < -0.3 is 10.2 Å². The lowest BCUT2D eigenvalue weighted by atomic mass is 9.96. The zero-order valence-electron chi connectivity index (χ0n) is 12.6. The van der Waals surface area contributed by atoms with E-state index in [4.69, 9.17) is 0 Å². The molecular weight excluding hydrogens is 293 g/mol. The second-order valence-corrected chi connectivity index (χ2v) is 5.75. The fraction of sp³-hybridized carbons (Fsp3) is 0.562. The van der Waals surface area contributed by atoms with Crippen LogP contribution in [0.1, 0.15) is 24.0 Å². The summed E-state index contributed by atoms with van der Waals surface area (Å²) in [7, 11) is 1.92. The first-order chi connectivity index (χ1) is 10.4. The fourth-order valence-corrected chi connectivity index (χ4v) is 2.77. The summed E-state index contributed by atoms with van der Waals surface area (Å²) in [4.78, 5) is 14.0. The molecule has 22 heavy (non-hydrogen) atoms. The van der Waals surface area contributed by atoms with Crippen molar-refractivity contribution in [3.05, 3.63) is 35.4 Å². The molecule has 0 bridgehead atoms. The van der Waals surface area contributed by atoms with Crippen LogP contribution in [0.15, 0.2) is 24.3 Å².